The van der Waals surface area contributed by atoms with E-state index in [4.69, 9.17) is 0 Å². The van der Waals surface area contributed by atoms with Gasteiger partial charge in [0, 0.05) is 7.05 Å². The molecular weight excluding hydrogens is 222 g/mol. The quantitative estimate of drug-likeness (QED) is 0.606. The van der Waals surface area contributed by atoms with Gasteiger partial charge in [-0.2, -0.15) is 0 Å². The van der Waals surface area contributed by atoms with Crippen molar-refractivity contribution in [1.29, 1.82) is 0 Å². The Labute approximate surface area is 99.7 Å². The second kappa shape index (κ2) is 4.10. The summed E-state index contributed by atoms with van der Waals surface area (Å²) < 4.78 is 0. The molecule has 2 fully saturated rings. The first kappa shape index (κ1) is 12.0. The average molecular weight is 239 g/mol. The Hall–Kier alpha value is -1.43. The number of amides is 3. The Morgan fingerprint density at radius 1 is 1.53 bits per heavy atom. The maximum absolute atomic E-state index is 12.0. The van der Waals surface area contributed by atoms with Gasteiger partial charge in [-0.1, -0.05) is 0 Å². The second-order valence-corrected chi connectivity index (χ2v) is 4.88. The van der Waals surface area contributed by atoms with Crippen LogP contribution in [0.2, 0.25) is 0 Å². The van der Waals surface area contributed by atoms with E-state index < -0.39 is 11.6 Å². The molecule has 0 aliphatic carbocycles. The maximum Gasteiger partial charge on any atom is 0.252 e. The summed E-state index contributed by atoms with van der Waals surface area (Å²) in [5, 5.41) is 5.78. The summed E-state index contributed by atoms with van der Waals surface area (Å²) in [5.74, 6) is -0.772. The van der Waals surface area contributed by atoms with E-state index in [2.05, 4.69) is 10.6 Å². The van der Waals surface area contributed by atoms with Crippen LogP contribution in [0.5, 0.6) is 0 Å². The van der Waals surface area contributed by atoms with Gasteiger partial charge in [-0.15, -0.1) is 0 Å². The zero-order valence-corrected chi connectivity index (χ0v) is 10.1. The number of rotatable bonds is 2. The molecule has 2 saturated heterocycles. The predicted octanol–water partition coefficient (Wildman–Crippen LogP) is -0.998. The highest BCUT2D eigenvalue weighted by molar-refractivity contribution is 6.07. The zero-order chi connectivity index (χ0) is 12.6. The third kappa shape index (κ3) is 2.04. The highest BCUT2D eigenvalue weighted by Crippen LogP contribution is 2.20. The summed E-state index contributed by atoms with van der Waals surface area (Å²) in [4.78, 5) is 36.0. The Morgan fingerprint density at radius 2 is 2.24 bits per heavy atom. The Balaban J connectivity index is 2.00. The molecule has 6 nitrogen and oxygen atoms in total. The molecule has 2 heterocycles. The number of likely N-dealkylation sites (tertiary alicyclic amines) is 1. The van der Waals surface area contributed by atoms with Crippen LogP contribution in [0.25, 0.3) is 0 Å². The number of hydrogen-bond donors (Lipinski definition) is 2. The van der Waals surface area contributed by atoms with Crippen molar-refractivity contribution >= 4 is 17.7 Å². The summed E-state index contributed by atoms with van der Waals surface area (Å²) in [7, 11) is 1.44. The molecule has 94 valence electrons. The molecule has 17 heavy (non-hydrogen) atoms. The molecule has 0 spiro atoms. The van der Waals surface area contributed by atoms with Gasteiger partial charge in [-0.25, -0.2) is 0 Å². The Kier molecular flexibility index (Phi) is 2.91. The lowest BCUT2D eigenvalue weighted by Crippen LogP contribution is -2.55. The number of nitrogens with one attached hydrogen (secondary N) is 2. The van der Waals surface area contributed by atoms with Crippen LogP contribution in [-0.2, 0) is 14.4 Å². The summed E-state index contributed by atoms with van der Waals surface area (Å²) in [6, 6.07) is -0.695. The van der Waals surface area contributed by atoms with Crippen molar-refractivity contribution in [3.8, 4) is 0 Å². The first-order chi connectivity index (χ1) is 7.94. The lowest BCUT2D eigenvalue weighted by Gasteiger charge is -2.24. The molecule has 2 aliphatic rings. The highest BCUT2D eigenvalue weighted by Gasteiger charge is 2.42. The summed E-state index contributed by atoms with van der Waals surface area (Å²) in [6.07, 6.45) is 1.77. The van der Waals surface area contributed by atoms with Crippen LogP contribution in [-0.4, -0.2) is 47.8 Å². The van der Waals surface area contributed by atoms with E-state index in [1.807, 2.05) is 6.92 Å². The van der Waals surface area contributed by atoms with Crippen LogP contribution in [0.3, 0.4) is 0 Å². The number of likely N-dealkylation sites (N-methyl/N-ethyl adjacent to an activating group) is 1. The first-order valence-corrected chi connectivity index (χ1v) is 5.80. The standard InChI is InChI=1S/C11H17N3O3/c1-11(4-3-5-12-11)10(17)13-7-6-8(15)14(2)9(7)16/h7,12H,3-6H2,1-2H3,(H,13,17). The largest absolute Gasteiger partial charge is 0.342 e. The van der Waals surface area contributed by atoms with Gasteiger partial charge in [0.25, 0.3) is 5.91 Å². The molecule has 0 saturated carbocycles. The van der Waals surface area contributed by atoms with E-state index in [0.29, 0.717) is 0 Å². The normalized spacial score (nSPS) is 33.3. The lowest BCUT2D eigenvalue weighted by atomic mass is 9.99. The SMILES string of the molecule is CN1C(=O)CC(NC(=O)C2(C)CCCN2)C1=O. The van der Waals surface area contributed by atoms with Gasteiger partial charge in [0.1, 0.15) is 6.04 Å². The molecule has 6 heteroatoms. The van der Waals surface area contributed by atoms with Gasteiger partial charge in [-0.3, -0.25) is 19.3 Å². The molecule has 2 N–H and O–H groups in total. The molecular formula is C11H17N3O3. The van der Waals surface area contributed by atoms with Crippen molar-refractivity contribution < 1.29 is 14.4 Å². The van der Waals surface area contributed by atoms with E-state index in [1.54, 1.807) is 0 Å². The van der Waals surface area contributed by atoms with Crippen molar-refractivity contribution in [2.75, 3.05) is 13.6 Å². The van der Waals surface area contributed by atoms with Crippen LogP contribution in [0, 0.1) is 0 Å². The van der Waals surface area contributed by atoms with E-state index in [0.717, 1.165) is 24.3 Å². The van der Waals surface area contributed by atoms with Crippen LogP contribution < -0.4 is 10.6 Å². The fraction of sp³-hybridized carbons (Fsp3) is 0.727. The monoisotopic (exact) mass is 239 g/mol. The summed E-state index contributed by atoms with van der Waals surface area (Å²) in [6.45, 7) is 2.63. The minimum absolute atomic E-state index is 0.0666. The van der Waals surface area contributed by atoms with Crippen LogP contribution in [0.4, 0.5) is 0 Å². The molecule has 2 rings (SSSR count). The lowest BCUT2D eigenvalue weighted by molar-refractivity contribution is -0.138. The molecule has 0 radical (unpaired) electrons. The van der Waals surface area contributed by atoms with Crippen LogP contribution in [0.1, 0.15) is 26.2 Å². The summed E-state index contributed by atoms with van der Waals surface area (Å²) >= 11 is 0. The molecule has 2 atom stereocenters. The molecule has 0 aromatic rings. The number of imide groups is 1. The van der Waals surface area contributed by atoms with Gasteiger partial charge in [0.05, 0.1) is 12.0 Å². The molecule has 0 aromatic heterocycles. The minimum atomic E-state index is -0.695. The molecule has 3 amide bonds. The zero-order valence-electron chi connectivity index (χ0n) is 10.1. The second-order valence-electron chi connectivity index (χ2n) is 4.88. The fourth-order valence-corrected chi connectivity index (χ4v) is 2.27. The van der Waals surface area contributed by atoms with Crippen molar-refractivity contribution in [3.05, 3.63) is 0 Å². The van der Waals surface area contributed by atoms with Crippen molar-refractivity contribution in [1.82, 2.24) is 15.5 Å². The third-order valence-electron chi connectivity index (χ3n) is 3.56. The van der Waals surface area contributed by atoms with E-state index >= 15 is 0 Å². The molecule has 2 unspecified atom stereocenters. The maximum atomic E-state index is 12.0. The van der Waals surface area contributed by atoms with Gasteiger partial charge in [-0.05, 0) is 26.3 Å². The smallest absolute Gasteiger partial charge is 0.252 e. The Morgan fingerprint density at radius 3 is 2.71 bits per heavy atom. The van der Waals surface area contributed by atoms with Gasteiger partial charge in [0.2, 0.25) is 11.8 Å². The predicted molar refractivity (Wildman–Crippen MR) is 60.0 cm³/mol. The van der Waals surface area contributed by atoms with Gasteiger partial charge >= 0.3 is 0 Å². The number of hydrogen-bond acceptors (Lipinski definition) is 4. The Bertz CT molecular complexity index is 374. The fourth-order valence-electron chi connectivity index (χ4n) is 2.27. The first-order valence-electron chi connectivity index (χ1n) is 5.80. The number of carbonyl (C=O) groups is 3. The number of nitrogens with zero attached hydrogens (tertiary/aromatic N) is 1. The van der Waals surface area contributed by atoms with Gasteiger partial charge in [0.15, 0.2) is 0 Å². The van der Waals surface area contributed by atoms with Crippen molar-refractivity contribution in [2.45, 2.75) is 37.8 Å². The van der Waals surface area contributed by atoms with Crippen molar-refractivity contribution in [2.24, 2.45) is 0 Å². The van der Waals surface area contributed by atoms with Crippen LogP contribution in [0.15, 0.2) is 0 Å². The van der Waals surface area contributed by atoms with Crippen LogP contribution >= 0.6 is 0 Å². The molecule has 0 aromatic carbocycles. The topological polar surface area (TPSA) is 78.5 Å². The average Bonchev–Trinajstić information content (AvgIpc) is 2.82. The van der Waals surface area contributed by atoms with Crippen molar-refractivity contribution in [3.63, 3.8) is 0 Å². The van der Waals surface area contributed by atoms with E-state index in [-0.39, 0.29) is 24.1 Å². The molecule has 0 bridgehead atoms. The molecule has 2 aliphatic heterocycles. The highest BCUT2D eigenvalue weighted by atomic mass is 16.2. The summed E-state index contributed by atoms with van der Waals surface area (Å²) in [5.41, 5.74) is -0.607. The third-order valence-corrected chi connectivity index (χ3v) is 3.56. The van der Waals surface area contributed by atoms with E-state index in [9.17, 15) is 14.4 Å². The van der Waals surface area contributed by atoms with Gasteiger partial charge < -0.3 is 10.6 Å². The number of carbonyl (C=O) groups excluding carboxylic acids is 3. The minimum Gasteiger partial charge on any atom is -0.342 e. The van der Waals surface area contributed by atoms with E-state index in [1.165, 1.54) is 7.05 Å².